The van der Waals surface area contributed by atoms with Gasteiger partial charge in [-0.3, -0.25) is 9.78 Å². The summed E-state index contributed by atoms with van der Waals surface area (Å²) in [7, 11) is 1.37. The molecule has 3 aromatic rings. The van der Waals surface area contributed by atoms with Crippen LogP contribution in [0.2, 0.25) is 0 Å². The van der Waals surface area contributed by atoms with E-state index in [0.29, 0.717) is 16.5 Å². The van der Waals surface area contributed by atoms with E-state index in [0.717, 1.165) is 58.6 Å². The fourth-order valence-corrected chi connectivity index (χ4v) is 6.00. The molecule has 1 aliphatic rings. The highest BCUT2D eigenvalue weighted by Crippen LogP contribution is 2.39. The molecular formula is C31H36N2O4S. The van der Waals surface area contributed by atoms with Gasteiger partial charge in [0, 0.05) is 29.1 Å². The molecule has 38 heavy (non-hydrogen) atoms. The van der Waals surface area contributed by atoms with Crippen molar-refractivity contribution in [2.45, 2.75) is 59.4 Å². The largest absolute Gasteiger partial charge is 0.465 e. The number of carbonyl (C=O) groups excluding carboxylic acids is 2. The molecule has 3 heterocycles. The number of ether oxygens (including phenoxy) is 1. The van der Waals surface area contributed by atoms with Gasteiger partial charge in [-0.05, 0) is 81.7 Å². The van der Waals surface area contributed by atoms with Crippen molar-refractivity contribution in [3.63, 3.8) is 0 Å². The Labute approximate surface area is 228 Å². The summed E-state index contributed by atoms with van der Waals surface area (Å²) in [5.41, 5.74) is 3.91. The third-order valence-corrected chi connectivity index (χ3v) is 8.31. The van der Waals surface area contributed by atoms with Crippen molar-refractivity contribution in [3.05, 3.63) is 70.8 Å². The van der Waals surface area contributed by atoms with Gasteiger partial charge in [-0.1, -0.05) is 31.7 Å². The van der Waals surface area contributed by atoms with Crippen LogP contribution >= 0.6 is 11.3 Å². The topological polar surface area (TPSA) is 72.6 Å². The number of hydrogen-bond acceptors (Lipinski definition) is 6. The quantitative estimate of drug-likeness (QED) is 0.218. The SMILES string of the molecule is C=C/C(=C\C=C(/C)c1cc2ncccc2o1)c1cc(N(C(=O)[C@H]2CC[C@H](C)CC2)C(C)C)c(C(=O)OC)s1. The van der Waals surface area contributed by atoms with Gasteiger partial charge in [0.05, 0.1) is 12.8 Å². The molecule has 0 radical (unpaired) electrons. The summed E-state index contributed by atoms with van der Waals surface area (Å²) in [6, 6.07) is 7.47. The lowest BCUT2D eigenvalue weighted by Crippen LogP contribution is -2.42. The molecule has 1 amide bonds. The number of aromatic nitrogens is 1. The predicted octanol–water partition coefficient (Wildman–Crippen LogP) is 7.92. The maximum absolute atomic E-state index is 13.7. The number of anilines is 1. The van der Waals surface area contributed by atoms with Gasteiger partial charge in [-0.25, -0.2) is 4.79 Å². The Hall–Kier alpha value is -3.45. The summed E-state index contributed by atoms with van der Waals surface area (Å²) in [6.07, 6.45) is 11.3. The van der Waals surface area contributed by atoms with Crippen LogP contribution in [0.1, 0.15) is 73.7 Å². The summed E-state index contributed by atoms with van der Waals surface area (Å²) in [5, 5.41) is 0. The normalized spacial score (nSPS) is 18.6. The monoisotopic (exact) mass is 532 g/mol. The first-order valence-corrected chi connectivity index (χ1v) is 14.0. The Balaban J connectivity index is 1.69. The molecule has 200 valence electrons. The van der Waals surface area contributed by atoms with E-state index >= 15 is 0 Å². The van der Waals surface area contributed by atoms with Crippen molar-refractivity contribution in [1.29, 1.82) is 0 Å². The standard InChI is InChI=1S/C31H36N2O4S/c1-7-22(15-12-21(5)27-17-24-26(37-27)9-8-16-32-24)28-18-25(29(38-28)31(35)36-6)33(19(2)3)30(34)23-13-10-20(4)11-14-23/h7-9,12,15-20,23H,1,10-11,13-14H2,2-6H3/b21-12+,22-15+/t20-,23-. The third-order valence-electron chi connectivity index (χ3n) is 7.16. The molecule has 4 rings (SSSR count). The number of hydrogen-bond donors (Lipinski definition) is 0. The van der Waals surface area contributed by atoms with Gasteiger partial charge >= 0.3 is 5.97 Å². The van der Waals surface area contributed by atoms with Gasteiger partial charge in [0.1, 0.15) is 16.2 Å². The molecule has 0 N–H and O–H groups in total. The molecule has 0 saturated heterocycles. The number of methoxy groups -OCH3 is 1. The minimum atomic E-state index is -0.447. The minimum absolute atomic E-state index is 0.0271. The highest BCUT2D eigenvalue weighted by Gasteiger charge is 2.33. The fourth-order valence-electron chi connectivity index (χ4n) is 4.91. The number of nitrogens with zero attached hydrogens (tertiary/aromatic N) is 2. The molecule has 1 aliphatic carbocycles. The Bertz CT molecular complexity index is 1350. The van der Waals surface area contributed by atoms with E-state index < -0.39 is 5.97 Å². The summed E-state index contributed by atoms with van der Waals surface area (Å²) in [6.45, 7) is 12.2. The number of fused-ring (bicyclic) bond motifs is 1. The number of furan rings is 1. The van der Waals surface area contributed by atoms with Crippen molar-refractivity contribution in [2.24, 2.45) is 11.8 Å². The van der Waals surface area contributed by atoms with Crippen LogP contribution in [0.3, 0.4) is 0 Å². The van der Waals surface area contributed by atoms with Crippen LogP contribution in [-0.2, 0) is 9.53 Å². The maximum atomic E-state index is 13.7. The van der Waals surface area contributed by atoms with Crippen molar-refractivity contribution in [3.8, 4) is 0 Å². The summed E-state index contributed by atoms with van der Waals surface area (Å²) >= 11 is 1.32. The molecule has 0 aromatic carbocycles. The molecule has 3 aromatic heterocycles. The highest BCUT2D eigenvalue weighted by atomic mass is 32.1. The summed E-state index contributed by atoms with van der Waals surface area (Å²) in [4.78, 5) is 33.9. The third kappa shape index (κ3) is 5.83. The summed E-state index contributed by atoms with van der Waals surface area (Å²) < 4.78 is 11.0. The van der Waals surface area contributed by atoms with Gasteiger partial charge < -0.3 is 14.1 Å². The zero-order chi connectivity index (χ0) is 27.4. The Morgan fingerprint density at radius 3 is 2.58 bits per heavy atom. The minimum Gasteiger partial charge on any atom is -0.465 e. The van der Waals surface area contributed by atoms with Crippen LogP contribution < -0.4 is 4.90 Å². The van der Waals surface area contributed by atoms with Gasteiger partial charge in [0.25, 0.3) is 0 Å². The average Bonchev–Trinajstić information content (AvgIpc) is 3.54. The molecule has 0 bridgehead atoms. The average molecular weight is 533 g/mol. The predicted molar refractivity (Wildman–Crippen MR) is 155 cm³/mol. The number of esters is 1. The smallest absolute Gasteiger partial charge is 0.350 e. The molecule has 0 unspecified atom stereocenters. The first-order chi connectivity index (χ1) is 18.2. The van der Waals surface area contributed by atoms with Gasteiger partial charge in [0.15, 0.2) is 5.58 Å². The van der Waals surface area contributed by atoms with Gasteiger partial charge in [-0.15, -0.1) is 11.3 Å². The van der Waals surface area contributed by atoms with E-state index in [9.17, 15) is 9.59 Å². The van der Waals surface area contributed by atoms with E-state index in [1.807, 2.05) is 57.2 Å². The second kappa shape index (κ2) is 11.9. The second-order valence-electron chi connectivity index (χ2n) is 10.2. The lowest BCUT2D eigenvalue weighted by atomic mass is 9.82. The van der Waals surface area contributed by atoms with E-state index in [-0.39, 0.29) is 17.9 Å². The number of thiophene rings is 1. The van der Waals surface area contributed by atoms with E-state index in [1.165, 1.54) is 18.4 Å². The zero-order valence-corrected chi connectivity index (χ0v) is 23.6. The molecular weight excluding hydrogens is 496 g/mol. The van der Waals surface area contributed by atoms with Crippen molar-refractivity contribution >= 4 is 51.1 Å². The van der Waals surface area contributed by atoms with Crippen molar-refractivity contribution < 1.29 is 18.7 Å². The molecule has 0 atom stereocenters. The number of carbonyl (C=O) groups is 2. The first-order valence-electron chi connectivity index (χ1n) is 13.1. The number of amides is 1. The molecule has 7 heteroatoms. The zero-order valence-electron chi connectivity index (χ0n) is 22.8. The lowest BCUT2D eigenvalue weighted by Gasteiger charge is -2.33. The van der Waals surface area contributed by atoms with E-state index in [4.69, 9.17) is 9.15 Å². The molecule has 1 saturated carbocycles. The first kappa shape index (κ1) is 27.6. The number of rotatable bonds is 8. The Morgan fingerprint density at radius 2 is 1.95 bits per heavy atom. The van der Waals surface area contributed by atoms with E-state index in [2.05, 4.69) is 18.5 Å². The van der Waals surface area contributed by atoms with Crippen molar-refractivity contribution in [1.82, 2.24) is 4.98 Å². The van der Waals surface area contributed by atoms with E-state index in [1.54, 1.807) is 17.2 Å². The highest BCUT2D eigenvalue weighted by molar-refractivity contribution is 7.15. The summed E-state index contributed by atoms with van der Waals surface area (Å²) in [5.74, 6) is 0.994. The van der Waals surface area contributed by atoms with Crippen LogP contribution in [0.5, 0.6) is 0 Å². The Morgan fingerprint density at radius 1 is 1.21 bits per heavy atom. The number of pyridine rings is 1. The number of allylic oxidation sites excluding steroid dienone is 5. The van der Waals surface area contributed by atoms with Crippen LogP contribution in [0.25, 0.3) is 22.2 Å². The second-order valence-corrected chi connectivity index (χ2v) is 11.3. The fraction of sp³-hybridized carbons (Fsp3) is 0.387. The molecule has 6 nitrogen and oxygen atoms in total. The maximum Gasteiger partial charge on any atom is 0.350 e. The van der Waals surface area contributed by atoms with Crippen LogP contribution in [-0.4, -0.2) is 30.0 Å². The molecule has 1 fully saturated rings. The van der Waals surface area contributed by atoms with Gasteiger partial charge in [0.2, 0.25) is 5.91 Å². The molecule has 0 aliphatic heterocycles. The van der Waals surface area contributed by atoms with Crippen LogP contribution in [0.4, 0.5) is 5.69 Å². The lowest BCUT2D eigenvalue weighted by molar-refractivity contribution is -0.123. The Kier molecular flexibility index (Phi) is 8.67. The van der Waals surface area contributed by atoms with Crippen LogP contribution in [0, 0.1) is 11.8 Å². The molecule has 0 spiro atoms. The van der Waals surface area contributed by atoms with Crippen molar-refractivity contribution in [2.75, 3.05) is 12.0 Å². The van der Waals surface area contributed by atoms with Gasteiger partial charge in [-0.2, -0.15) is 0 Å². The van der Waals surface area contributed by atoms with Crippen LogP contribution in [0.15, 0.2) is 59.7 Å².